The van der Waals surface area contributed by atoms with Gasteiger partial charge < -0.3 is 10.2 Å². The molecule has 116 valence electrons. The zero-order valence-corrected chi connectivity index (χ0v) is 14.3. The fourth-order valence-corrected chi connectivity index (χ4v) is 3.40. The summed E-state index contributed by atoms with van der Waals surface area (Å²) in [5.41, 5.74) is 1.14. The lowest BCUT2D eigenvalue weighted by Crippen LogP contribution is -2.50. The fourth-order valence-electron chi connectivity index (χ4n) is 2.84. The first kappa shape index (κ1) is 15.0. The predicted octanol–water partition coefficient (Wildman–Crippen LogP) is 1.99. The summed E-state index contributed by atoms with van der Waals surface area (Å²) < 4.78 is 2.26. The van der Waals surface area contributed by atoms with Gasteiger partial charge in [0.15, 0.2) is 0 Å². The van der Waals surface area contributed by atoms with E-state index in [-0.39, 0.29) is 11.1 Å². The average molecular weight is 355 g/mol. The highest BCUT2D eigenvalue weighted by Gasteiger charge is 2.30. The monoisotopic (exact) mass is 354 g/mol. The van der Waals surface area contributed by atoms with Gasteiger partial charge in [-0.3, -0.25) is 4.79 Å². The molecule has 0 amide bonds. The summed E-state index contributed by atoms with van der Waals surface area (Å²) in [4.78, 5) is 14.7. The van der Waals surface area contributed by atoms with E-state index in [1.807, 2.05) is 13.2 Å². The normalized spacial score (nSPS) is 21.6. The number of anilines is 1. The maximum atomic E-state index is 12.4. The van der Waals surface area contributed by atoms with Crippen LogP contribution in [0.1, 0.15) is 32.6 Å². The van der Waals surface area contributed by atoms with Crippen LogP contribution in [0.2, 0.25) is 0 Å². The summed E-state index contributed by atoms with van der Waals surface area (Å²) in [6, 6.07) is 0. The summed E-state index contributed by atoms with van der Waals surface area (Å²) in [5.74, 6) is 0.652. The number of nitrogens with one attached hydrogen (secondary N) is 1. The third kappa shape index (κ3) is 3.16. The van der Waals surface area contributed by atoms with E-state index in [1.54, 1.807) is 4.68 Å². The smallest absolute Gasteiger partial charge is 0.283 e. The molecule has 1 aromatic heterocycles. The van der Waals surface area contributed by atoms with Crippen LogP contribution in [-0.2, 0) is 6.54 Å². The second-order valence-electron chi connectivity index (χ2n) is 6.57. The van der Waals surface area contributed by atoms with Crippen LogP contribution in [0, 0.1) is 5.92 Å². The molecule has 1 aromatic rings. The minimum absolute atomic E-state index is 0.00125. The molecule has 6 heteroatoms. The van der Waals surface area contributed by atoms with E-state index in [2.05, 4.69) is 38.2 Å². The van der Waals surface area contributed by atoms with E-state index in [9.17, 15) is 4.79 Å². The standard InChI is InChI=1S/C15H23BrN4O/c1-15(17-2)5-7-19(8-6-15)12-9-18-20(10-11-3-4-11)14(21)13(12)16/h9,11,17H,3-8,10H2,1-2H3. The van der Waals surface area contributed by atoms with Crippen LogP contribution in [0.4, 0.5) is 5.69 Å². The van der Waals surface area contributed by atoms with Crippen molar-refractivity contribution in [2.75, 3.05) is 25.0 Å². The van der Waals surface area contributed by atoms with Crippen LogP contribution in [0.25, 0.3) is 0 Å². The molecule has 2 heterocycles. The number of hydrogen-bond donors (Lipinski definition) is 1. The summed E-state index contributed by atoms with van der Waals surface area (Å²) >= 11 is 3.49. The molecule has 2 aliphatic rings. The van der Waals surface area contributed by atoms with Crippen molar-refractivity contribution in [2.24, 2.45) is 5.92 Å². The molecule has 1 saturated heterocycles. The number of hydrogen-bond acceptors (Lipinski definition) is 4. The average Bonchev–Trinajstić information content (AvgIpc) is 3.30. The van der Waals surface area contributed by atoms with Crippen molar-refractivity contribution in [1.29, 1.82) is 0 Å². The van der Waals surface area contributed by atoms with Crippen LogP contribution in [0.3, 0.4) is 0 Å². The zero-order chi connectivity index (χ0) is 15.0. The van der Waals surface area contributed by atoms with Crippen LogP contribution >= 0.6 is 15.9 Å². The molecule has 0 unspecified atom stereocenters. The lowest BCUT2D eigenvalue weighted by Gasteiger charge is -2.40. The first-order chi connectivity index (χ1) is 10.0. The third-order valence-electron chi connectivity index (χ3n) is 4.91. The van der Waals surface area contributed by atoms with Crippen molar-refractivity contribution >= 4 is 21.6 Å². The maximum Gasteiger partial charge on any atom is 0.283 e. The molecule has 3 rings (SSSR count). The number of nitrogens with zero attached hydrogens (tertiary/aromatic N) is 3. The van der Waals surface area contributed by atoms with Gasteiger partial charge in [0, 0.05) is 25.2 Å². The van der Waals surface area contributed by atoms with E-state index in [1.165, 1.54) is 12.8 Å². The number of halogens is 1. The van der Waals surface area contributed by atoms with Gasteiger partial charge in [-0.15, -0.1) is 0 Å². The molecule has 5 nitrogen and oxygen atoms in total. The molecular formula is C15H23BrN4O. The van der Waals surface area contributed by atoms with E-state index in [0.717, 1.165) is 38.2 Å². The predicted molar refractivity (Wildman–Crippen MR) is 87.8 cm³/mol. The van der Waals surface area contributed by atoms with Crippen molar-refractivity contribution in [3.63, 3.8) is 0 Å². The van der Waals surface area contributed by atoms with E-state index < -0.39 is 0 Å². The Morgan fingerprint density at radius 2 is 2.10 bits per heavy atom. The van der Waals surface area contributed by atoms with Gasteiger partial charge in [0.2, 0.25) is 0 Å². The van der Waals surface area contributed by atoms with Gasteiger partial charge in [0.1, 0.15) is 4.47 Å². The highest BCUT2D eigenvalue weighted by atomic mass is 79.9. The molecule has 0 spiro atoms. The first-order valence-corrected chi connectivity index (χ1v) is 8.51. The number of aromatic nitrogens is 2. The second kappa shape index (κ2) is 5.72. The van der Waals surface area contributed by atoms with Crippen molar-refractivity contribution in [1.82, 2.24) is 15.1 Å². The Balaban J connectivity index is 1.77. The van der Waals surface area contributed by atoms with E-state index >= 15 is 0 Å². The summed E-state index contributed by atoms with van der Waals surface area (Å²) in [6.45, 7) is 4.91. The Labute approximate surface area is 133 Å². The molecule has 0 aromatic carbocycles. The van der Waals surface area contributed by atoms with Gasteiger partial charge in [-0.2, -0.15) is 5.10 Å². The summed E-state index contributed by atoms with van der Waals surface area (Å²) in [7, 11) is 2.02. The molecule has 1 saturated carbocycles. The van der Waals surface area contributed by atoms with E-state index in [4.69, 9.17) is 0 Å². The Bertz CT molecular complexity index is 574. The lowest BCUT2D eigenvalue weighted by molar-refractivity contribution is 0.304. The topological polar surface area (TPSA) is 50.2 Å². The largest absolute Gasteiger partial charge is 0.369 e. The van der Waals surface area contributed by atoms with Gasteiger partial charge in [0.05, 0.1) is 11.9 Å². The molecule has 0 atom stereocenters. The van der Waals surface area contributed by atoms with Crippen molar-refractivity contribution in [3.8, 4) is 0 Å². The highest BCUT2D eigenvalue weighted by molar-refractivity contribution is 9.10. The first-order valence-electron chi connectivity index (χ1n) is 7.72. The lowest BCUT2D eigenvalue weighted by atomic mass is 9.90. The maximum absolute atomic E-state index is 12.4. The molecule has 1 aliphatic heterocycles. The van der Waals surface area contributed by atoms with Crippen LogP contribution in [0.5, 0.6) is 0 Å². The Kier molecular flexibility index (Phi) is 4.10. The molecule has 1 N–H and O–H groups in total. The van der Waals surface area contributed by atoms with Crippen LogP contribution < -0.4 is 15.8 Å². The van der Waals surface area contributed by atoms with Gasteiger partial charge in [-0.25, -0.2) is 4.68 Å². The van der Waals surface area contributed by atoms with Crippen molar-refractivity contribution in [2.45, 2.75) is 44.7 Å². The van der Waals surface area contributed by atoms with Gasteiger partial charge in [0.25, 0.3) is 5.56 Å². The number of rotatable bonds is 4. The second-order valence-corrected chi connectivity index (χ2v) is 7.37. The quantitative estimate of drug-likeness (QED) is 0.898. The molecule has 21 heavy (non-hydrogen) atoms. The Morgan fingerprint density at radius 1 is 1.43 bits per heavy atom. The Morgan fingerprint density at radius 3 is 2.67 bits per heavy atom. The molecule has 1 aliphatic carbocycles. The summed E-state index contributed by atoms with van der Waals surface area (Å²) in [5, 5.41) is 7.76. The minimum Gasteiger partial charge on any atom is -0.369 e. The van der Waals surface area contributed by atoms with Gasteiger partial charge in [-0.1, -0.05) is 0 Å². The van der Waals surface area contributed by atoms with Crippen LogP contribution in [-0.4, -0.2) is 35.5 Å². The molecule has 0 bridgehead atoms. The molecule has 0 radical (unpaired) electrons. The molecule has 2 fully saturated rings. The van der Waals surface area contributed by atoms with Crippen molar-refractivity contribution in [3.05, 3.63) is 21.0 Å². The third-order valence-corrected chi connectivity index (χ3v) is 5.65. The van der Waals surface area contributed by atoms with Crippen molar-refractivity contribution < 1.29 is 0 Å². The zero-order valence-electron chi connectivity index (χ0n) is 12.7. The fraction of sp³-hybridized carbons (Fsp3) is 0.733. The SMILES string of the molecule is CNC1(C)CCN(c2cnn(CC3CC3)c(=O)c2Br)CC1. The van der Waals surface area contributed by atoms with E-state index in [0.29, 0.717) is 10.4 Å². The van der Waals surface area contributed by atoms with Gasteiger partial charge in [-0.05, 0) is 61.5 Å². The number of piperidine rings is 1. The minimum atomic E-state index is 0.00125. The molecular weight excluding hydrogens is 332 g/mol. The summed E-state index contributed by atoms with van der Waals surface area (Å²) in [6.07, 6.45) is 6.43. The van der Waals surface area contributed by atoms with Gasteiger partial charge >= 0.3 is 0 Å². The Hall–Kier alpha value is -0.880. The highest BCUT2D eigenvalue weighted by Crippen LogP contribution is 2.31. The van der Waals surface area contributed by atoms with Crippen LogP contribution in [0.15, 0.2) is 15.5 Å².